The molecule has 0 unspecified atom stereocenters. The van der Waals surface area contributed by atoms with Crippen molar-refractivity contribution in [2.75, 3.05) is 13.2 Å². The highest BCUT2D eigenvalue weighted by atomic mass is 16.6. The van der Waals surface area contributed by atoms with Crippen molar-refractivity contribution in [1.82, 2.24) is 0 Å². The van der Waals surface area contributed by atoms with E-state index in [1.807, 2.05) is 20.8 Å². The molecule has 5 heteroatoms. The summed E-state index contributed by atoms with van der Waals surface area (Å²) in [6.07, 6.45) is 11.1. The highest BCUT2D eigenvalue weighted by molar-refractivity contribution is 5.90. The fraction of sp³-hybridized carbons (Fsp3) is 0.708. The fourth-order valence-electron chi connectivity index (χ4n) is 7.71. The van der Waals surface area contributed by atoms with Crippen LogP contribution in [0.25, 0.3) is 0 Å². The molecular formula is C24H32O5. The molecule has 5 rings (SSSR count). The summed E-state index contributed by atoms with van der Waals surface area (Å²) in [5.41, 5.74) is -1.32. The third kappa shape index (κ3) is 2.04. The van der Waals surface area contributed by atoms with E-state index in [0.29, 0.717) is 13.0 Å². The number of ether oxygens (including phenoxy) is 2. The molecule has 0 aromatic heterocycles. The molecule has 0 radical (unpaired) electrons. The Morgan fingerprint density at radius 1 is 1.34 bits per heavy atom. The van der Waals surface area contributed by atoms with Crippen molar-refractivity contribution in [3.63, 3.8) is 0 Å². The van der Waals surface area contributed by atoms with Crippen LogP contribution in [0.5, 0.6) is 0 Å². The predicted molar refractivity (Wildman–Crippen MR) is 108 cm³/mol. The van der Waals surface area contributed by atoms with Crippen LogP contribution in [0.3, 0.4) is 0 Å². The zero-order chi connectivity index (χ0) is 20.8. The summed E-state index contributed by atoms with van der Waals surface area (Å²) >= 11 is 0. The van der Waals surface area contributed by atoms with Gasteiger partial charge in [0.15, 0.2) is 5.78 Å². The summed E-state index contributed by atoms with van der Waals surface area (Å²) in [5.74, 6) is 0.701. The maximum Gasteiger partial charge on any atom is 0.190 e. The van der Waals surface area contributed by atoms with Crippen molar-refractivity contribution in [3.8, 4) is 0 Å². The minimum absolute atomic E-state index is 0.0115. The molecule has 1 aliphatic heterocycles. The first-order chi connectivity index (χ1) is 13.7. The Balaban J connectivity index is 1.57. The Bertz CT molecular complexity index is 857. The average Bonchev–Trinajstić information content (AvgIpc) is 3.37. The lowest BCUT2D eigenvalue weighted by Gasteiger charge is -2.54. The Labute approximate surface area is 172 Å². The van der Waals surface area contributed by atoms with Gasteiger partial charge >= 0.3 is 0 Å². The topological polar surface area (TPSA) is 79.3 Å². The first-order valence-corrected chi connectivity index (χ1v) is 11.0. The zero-order valence-corrected chi connectivity index (χ0v) is 17.8. The number of aliphatic hydroxyl groups is 2. The number of carbonyl (C=O) groups is 1. The van der Waals surface area contributed by atoms with Crippen LogP contribution in [-0.4, -0.2) is 46.5 Å². The highest BCUT2D eigenvalue weighted by Crippen LogP contribution is 2.75. The Hall–Kier alpha value is -1.43. The summed E-state index contributed by atoms with van der Waals surface area (Å²) in [5, 5.41) is 21.2. The Kier molecular flexibility index (Phi) is 3.93. The first-order valence-electron chi connectivity index (χ1n) is 11.0. The molecule has 5 aliphatic rings. The predicted octanol–water partition coefficient (Wildman–Crippen LogP) is 2.93. The van der Waals surface area contributed by atoms with E-state index in [2.05, 4.69) is 31.2 Å². The number of carbonyl (C=O) groups excluding carboxylic acids is 1. The van der Waals surface area contributed by atoms with Crippen LogP contribution < -0.4 is 0 Å². The van der Waals surface area contributed by atoms with Gasteiger partial charge in [-0.25, -0.2) is 0 Å². The lowest BCUT2D eigenvalue weighted by molar-refractivity contribution is -0.165. The molecule has 4 aliphatic carbocycles. The van der Waals surface area contributed by atoms with Gasteiger partial charge in [-0.1, -0.05) is 26.0 Å². The maximum absolute atomic E-state index is 12.7. The van der Waals surface area contributed by atoms with Crippen molar-refractivity contribution in [3.05, 3.63) is 35.6 Å². The van der Waals surface area contributed by atoms with Gasteiger partial charge in [0, 0.05) is 10.8 Å². The normalized spacial score (nSPS) is 51.8. The number of Topliss-reactive ketones (excluding diaryl/α,β-unsaturated/α-hetero) is 1. The molecule has 0 bridgehead atoms. The number of epoxide rings is 1. The van der Waals surface area contributed by atoms with Crippen LogP contribution in [0.4, 0.5) is 0 Å². The molecule has 1 saturated heterocycles. The van der Waals surface area contributed by atoms with Crippen molar-refractivity contribution < 1.29 is 24.5 Å². The molecule has 2 N–H and O–H groups in total. The van der Waals surface area contributed by atoms with Gasteiger partial charge in [-0.2, -0.15) is 0 Å². The maximum atomic E-state index is 12.7. The van der Waals surface area contributed by atoms with Crippen molar-refractivity contribution in [2.24, 2.45) is 28.6 Å². The number of ketones is 1. The number of hydrogen-bond donors (Lipinski definition) is 2. The second-order valence-electron chi connectivity index (χ2n) is 10.1. The van der Waals surface area contributed by atoms with Gasteiger partial charge in [-0.15, -0.1) is 0 Å². The Morgan fingerprint density at radius 2 is 2.10 bits per heavy atom. The average molecular weight is 401 g/mol. The summed E-state index contributed by atoms with van der Waals surface area (Å²) in [7, 11) is 0. The molecule has 29 heavy (non-hydrogen) atoms. The van der Waals surface area contributed by atoms with Gasteiger partial charge in [0.05, 0.1) is 12.7 Å². The van der Waals surface area contributed by atoms with Gasteiger partial charge in [-0.05, 0) is 68.6 Å². The van der Waals surface area contributed by atoms with E-state index in [-0.39, 0.29) is 34.9 Å². The molecule has 0 aromatic rings. The highest BCUT2D eigenvalue weighted by Gasteiger charge is 2.81. The second kappa shape index (κ2) is 5.83. The molecule has 5 nitrogen and oxygen atoms in total. The van der Waals surface area contributed by atoms with Gasteiger partial charge in [0.2, 0.25) is 0 Å². The van der Waals surface area contributed by atoms with E-state index in [9.17, 15) is 15.0 Å². The van der Waals surface area contributed by atoms with E-state index in [0.717, 1.165) is 18.6 Å². The smallest absolute Gasteiger partial charge is 0.190 e. The molecule has 8 atom stereocenters. The molecule has 158 valence electrons. The molecule has 0 aromatic carbocycles. The SMILES string of the molecule is CCOC1=CC2=CC[C@H]3[C@@H]4C[C@H](C)[C@](O)(C(=O)CO)[C@@]4(C)C[C@@H]4O[C@@]43[C@@]2(C)C=C1. The lowest BCUT2D eigenvalue weighted by Crippen LogP contribution is -2.61. The minimum atomic E-state index is -1.49. The number of allylic oxidation sites excluding steroid dienone is 3. The number of aliphatic hydroxyl groups excluding tert-OH is 1. The van der Waals surface area contributed by atoms with Crippen LogP contribution in [0.2, 0.25) is 0 Å². The van der Waals surface area contributed by atoms with Crippen molar-refractivity contribution in [1.29, 1.82) is 0 Å². The van der Waals surface area contributed by atoms with Crippen LogP contribution in [0.15, 0.2) is 35.6 Å². The van der Waals surface area contributed by atoms with E-state index >= 15 is 0 Å². The third-order valence-corrected chi connectivity index (χ3v) is 9.18. The van der Waals surface area contributed by atoms with Crippen LogP contribution in [0.1, 0.15) is 47.0 Å². The molecule has 2 saturated carbocycles. The van der Waals surface area contributed by atoms with Crippen molar-refractivity contribution >= 4 is 5.78 Å². The van der Waals surface area contributed by atoms with Gasteiger partial charge in [-0.3, -0.25) is 4.79 Å². The quantitative estimate of drug-likeness (QED) is 0.710. The molecular weight excluding hydrogens is 368 g/mol. The van der Waals surface area contributed by atoms with Crippen LogP contribution in [-0.2, 0) is 14.3 Å². The summed E-state index contributed by atoms with van der Waals surface area (Å²) in [6, 6.07) is 0. The molecule has 1 spiro atoms. The monoisotopic (exact) mass is 400 g/mol. The van der Waals surface area contributed by atoms with Crippen LogP contribution >= 0.6 is 0 Å². The first kappa shape index (κ1) is 19.5. The summed E-state index contributed by atoms with van der Waals surface area (Å²) < 4.78 is 12.3. The van der Waals surface area contributed by atoms with Gasteiger partial charge in [0.25, 0.3) is 0 Å². The minimum Gasteiger partial charge on any atom is -0.494 e. The van der Waals surface area contributed by atoms with E-state index in [4.69, 9.17) is 9.47 Å². The van der Waals surface area contributed by atoms with E-state index in [1.165, 1.54) is 5.57 Å². The number of fused-ring (bicyclic) bond motifs is 3. The van der Waals surface area contributed by atoms with Gasteiger partial charge < -0.3 is 19.7 Å². The summed E-state index contributed by atoms with van der Waals surface area (Å²) in [4.78, 5) is 12.7. The zero-order valence-electron chi connectivity index (χ0n) is 17.8. The fourth-order valence-corrected chi connectivity index (χ4v) is 7.71. The largest absolute Gasteiger partial charge is 0.494 e. The standard InChI is InChI=1S/C24H32O5/c1-5-28-16-8-9-21(3)15(11-16)6-7-17-18-10-14(2)23(27,19(26)13-25)22(18,4)12-20-24(17,21)29-20/h6,8-9,11,14,17-18,20,25,27H,5,7,10,12-13H2,1-4H3/t14-,17-,18-,20-,21-,22-,23-,24+/m0/s1. The number of rotatable bonds is 4. The Morgan fingerprint density at radius 3 is 2.79 bits per heavy atom. The third-order valence-electron chi connectivity index (χ3n) is 9.18. The molecule has 0 amide bonds. The van der Waals surface area contributed by atoms with Crippen molar-refractivity contribution in [2.45, 2.75) is 64.3 Å². The molecule has 1 heterocycles. The lowest BCUT2D eigenvalue weighted by atomic mass is 9.48. The van der Waals surface area contributed by atoms with E-state index < -0.39 is 23.4 Å². The van der Waals surface area contributed by atoms with Crippen LogP contribution in [0, 0.1) is 28.6 Å². The van der Waals surface area contributed by atoms with E-state index in [1.54, 1.807) is 0 Å². The number of hydrogen-bond acceptors (Lipinski definition) is 5. The molecule has 3 fully saturated rings. The summed E-state index contributed by atoms with van der Waals surface area (Å²) in [6.45, 7) is 8.28. The van der Waals surface area contributed by atoms with Gasteiger partial charge in [0.1, 0.15) is 23.6 Å². The second-order valence-corrected chi connectivity index (χ2v) is 10.1.